The van der Waals surface area contributed by atoms with Gasteiger partial charge in [0.25, 0.3) is 0 Å². The molecule has 45 heavy (non-hydrogen) atoms. The van der Waals surface area contributed by atoms with Gasteiger partial charge in [-0.25, -0.2) is 17.6 Å². The van der Waals surface area contributed by atoms with E-state index in [4.69, 9.17) is 10.5 Å². The summed E-state index contributed by atoms with van der Waals surface area (Å²) in [6.45, 7) is 1.79. The van der Waals surface area contributed by atoms with Crippen molar-refractivity contribution in [3.63, 3.8) is 0 Å². The maximum Gasteiger partial charge on any atom is 0.410 e. The molecule has 11 nitrogen and oxygen atoms in total. The van der Waals surface area contributed by atoms with Crippen molar-refractivity contribution in [1.82, 2.24) is 14.5 Å². The minimum Gasteiger partial charge on any atom is -0.444 e. The fraction of sp³-hybridized carbons (Fsp3) is 0.625. The van der Waals surface area contributed by atoms with Crippen molar-refractivity contribution in [3.8, 4) is 0 Å². The Morgan fingerprint density at radius 1 is 1.13 bits per heavy atom. The van der Waals surface area contributed by atoms with Gasteiger partial charge in [-0.3, -0.25) is 24.0 Å². The molecule has 0 bridgehead atoms. The number of hydrogen-bond donors (Lipinski definition) is 2. The Kier molecular flexibility index (Phi) is 8.30. The molecular formula is C32H41FN4O7S. The number of nitrogens with zero attached hydrogens (tertiary/aromatic N) is 2. The highest BCUT2D eigenvalue weighted by Crippen LogP contribution is 2.57. The highest BCUT2D eigenvalue weighted by Gasteiger charge is 2.62. The highest BCUT2D eigenvalue weighted by molar-refractivity contribution is 7.91. The Labute approximate surface area is 262 Å². The van der Waals surface area contributed by atoms with Gasteiger partial charge in [-0.15, -0.1) is 0 Å². The summed E-state index contributed by atoms with van der Waals surface area (Å²) in [7, 11) is -3.92. The highest BCUT2D eigenvalue weighted by atomic mass is 32.2. The molecule has 5 aliphatic rings. The summed E-state index contributed by atoms with van der Waals surface area (Å²) in [5.41, 5.74) is 6.17. The zero-order chi connectivity index (χ0) is 32.1. The lowest BCUT2D eigenvalue weighted by Gasteiger charge is -2.27. The number of halogens is 1. The van der Waals surface area contributed by atoms with Gasteiger partial charge in [0.05, 0.1) is 35.3 Å². The Hall–Kier alpha value is -3.32. The zero-order valence-corrected chi connectivity index (χ0v) is 26.3. The molecule has 3 heterocycles. The van der Waals surface area contributed by atoms with Crippen LogP contribution in [-0.2, 0) is 42.2 Å². The Morgan fingerprint density at radius 2 is 1.91 bits per heavy atom. The van der Waals surface area contributed by atoms with E-state index in [9.17, 15) is 32.0 Å². The number of fused-ring (bicyclic) bond motifs is 3. The summed E-state index contributed by atoms with van der Waals surface area (Å²) in [6, 6.07) is 2.83. The zero-order valence-electron chi connectivity index (χ0n) is 25.5. The molecule has 3 aliphatic heterocycles. The Morgan fingerprint density at radius 3 is 2.64 bits per heavy atom. The van der Waals surface area contributed by atoms with E-state index in [2.05, 4.69) is 4.72 Å². The third kappa shape index (κ3) is 6.13. The fourth-order valence-corrected chi connectivity index (χ4v) is 8.24. The van der Waals surface area contributed by atoms with Crippen LogP contribution in [0.2, 0.25) is 0 Å². The molecule has 13 heteroatoms. The molecular weight excluding hydrogens is 603 g/mol. The number of Topliss-reactive ketones (excluding diaryl/α,β-unsaturated/α-hetero) is 1. The van der Waals surface area contributed by atoms with E-state index in [-0.39, 0.29) is 38.4 Å². The van der Waals surface area contributed by atoms with Gasteiger partial charge in [-0.05, 0) is 63.0 Å². The number of carbonyl (C=O) groups excluding carboxylic acids is 4. The van der Waals surface area contributed by atoms with Crippen LogP contribution in [0.3, 0.4) is 0 Å². The molecule has 0 radical (unpaired) electrons. The van der Waals surface area contributed by atoms with Gasteiger partial charge in [-0.1, -0.05) is 37.1 Å². The van der Waals surface area contributed by atoms with Gasteiger partial charge in [0, 0.05) is 24.9 Å². The second-order valence-electron chi connectivity index (χ2n) is 13.6. The molecule has 0 spiro atoms. The van der Waals surface area contributed by atoms with Crippen molar-refractivity contribution in [3.05, 3.63) is 47.3 Å². The normalized spacial score (nSPS) is 32.0. The largest absolute Gasteiger partial charge is 0.444 e. The second-order valence-corrected chi connectivity index (χ2v) is 15.8. The third-order valence-electron chi connectivity index (χ3n) is 10.3. The van der Waals surface area contributed by atoms with Crippen LogP contribution >= 0.6 is 0 Å². The van der Waals surface area contributed by atoms with Gasteiger partial charge in [-0.2, -0.15) is 0 Å². The van der Waals surface area contributed by atoms with Crippen LogP contribution < -0.4 is 10.5 Å². The molecule has 5 atom stereocenters. The number of amides is 3. The van der Waals surface area contributed by atoms with E-state index in [1.54, 1.807) is 19.1 Å². The number of hydrogen-bond acceptors (Lipinski definition) is 8. The Balaban J connectivity index is 1.21. The van der Waals surface area contributed by atoms with Crippen LogP contribution in [-0.4, -0.2) is 71.4 Å². The second kappa shape index (κ2) is 11.8. The number of rotatable bonds is 4. The van der Waals surface area contributed by atoms with Crippen LogP contribution in [0.25, 0.3) is 0 Å². The first-order valence-electron chi connectivity index (χ1n) is 15.9. The van der Waals surface area contributed by atoms with Crippen molar-refractivity contribution in [2.24, 2.45) is 17.1 Å². The molecule has 3 N–H and O–H groups in total. The number of sulfonamides is 1. The molecule has 3 amide bonds. The van der Waals surface area contributed by atoms with Gasteiger partial charge < -0.3 is 15.4 Å². The number of ether oxygens (including phenoxy) is 1. The molecule has 1 saturated heterocycles. The van der Waals surface area contributed by atoms with Crippen molar-refractivity contribution in [1.29, 1.82) is 0 Å². The summed E-state index contributed by atoms with van der Waals surface area (Å²) >= 11 is 0. The first-order chi connectivity index (χ1) is 21.3. The Bertz CT molecular complexity index is 1540. The van der Waals surface area contributed by atoms with Gasteiger partial charge in [0.2, 0.25) is 21.8 Å². The summed E-state index contributed by atoms with van der Waals surface area (Å²) in [4.78, 5) is 57.0. The predicted octanol–water partition coefficient (Wildman–Crippen LogP) is 3.06. The minimum absolute atomic E-state index is 0.0206. The summed E-state index contributed by atoms with van der Waals surface area (Å²) < 4.78 is 47.2. The minimum atomic E-state index is -3.92. The topological polar surface area (TPSA) is 156 Å². The lowest BCUT2D eigenvalue weighted by atomic mass is 9.91. The van der Waals surface area contributed by atoms with Gasteiger partial charge in [0.15, 0.2) is 5.78 Å². The van der Waals surface area contributed by atoms with E-state index in [0.717, 1.165) is 25.7 Å². The average molecular weight is 645 g/mol. The summed E-state index contributed by atoms with van der Waals surface area (Å²) in [5, 5.41) is 0. The van der Waals surface area contributed by atoms with Crippen molar-refractivity contribution in [2.45, 2.75) is 107 Å². The quantitative estimate of drug-likeness (QED) is 0.474. The monoisotopic (exact) mass is 644 g/mol. The lowest BCUT2D eigenvalue weighted by molar-refractivity contribution is -0.140. The average Bonchev–Trinajstić information content (AvgIpc) is 3.78. The molecule has 0 aromatic heterocycles. The van der Waals surface area contributed by atoms with E-state index < -0.39 is 67.9 Å². The molecule has 2 aliphatic carbocycles. The predicted molar refractivity (Wildman–Crippen MR) is 161 cm³/mol. The standard InChI is InChI=1S/C32H41FN4O7S/c1-31(12-13-31)45(42,43)35-29(40)32-15-21(32)9-5-3-2-4-6-11-25(34)28(39)37-18-22(14-26(37)27(38)16-32)44-30(41)36-17-20-8-7-10-24(33)23(20)19-36/h5,7-10,21-22,25-26H,2-4,6,11-19,34H2,1H3,(H,35,40)/b9-5-/t21-,22-,25+,26+,32-/m1/s1. The number of ketones is 1. The molecule has 1 aromatic rings. The van der Waals surface area contributed by atoms with Crippen LogP contribution in [0.15, 0.2) is 30.4 Å². The molecule has 244 valence electrons. The SMILES string of the molecule is CC1(S(=O)(=O)NC(=O)[C@]23CC(=O)[C@@H]4C[C@@H](OC(=O)N5Cc6cccc(F)c6C5)CN4C(=O)[C@@H](N)CCCCC/C=C\[C@@H]2C3)CC1. The van der Waals surface area contributed by atoms with E-state index in [1.807, 2.05) is 12.2 Å². The summed E-state index contributed by atoms with van der Waals surface area (Å²) in [5.74, 6) is -2.23. The molecule has 3 fully saturated rings. The van der Waals surface area contributed by atoms with Crippen LogP contribution in [0.5, 0.6) is 0 Å². The van der Waals surface area contributed by atoms with Gasteiger partial charge >= 0.3 is 6.09 Å². The smallest absolute Gasteiger partial charge is 0.410 e. The number of benzene rings is 1. The molecule has 0 unspecified atom stereocenters. The number of allylic oxidation sites excluding steroid dienone is 2. The molecule has 1 aromatic carbocycles. The van der Waals surface area contributed by atoms with Crippen LogP contribution in [0, 0.1) is 17.2 Å². The molecule has 6 rings (SSSR count). The van der Waals surface area contributed by atoms with Gasteiger partial charge in [0.1, 0.15) is 11.9 Å². The third-order valence-corrected chi connectivity index (χ3v) is 12.5. The number of carbonyl (C=O) groups is 4. The van der Waals surface area contributed by atoms with Crippen molar-refractivity contribution >= 4 is 33.7 Å². The maximum absolute atomic E-state index is 14.3. The maximum atomic E-state index is 14.3. The first kappa shape index (κ1) is 31.7. The lowest BCUT2D eigenvalue weighted by Crippen LogP contribution is -2.50. The summed E-state index contributed by atoms with van der Waals surface area (Å²) in [6.07, 6.45) is 7.03. The fourth-order valence-electron chi connectivity index (χ4n) is 6.91. The van der Waals surface area contributed by atoms with Crippen molar-refractivity contribution < 1.29 is 36.7 Å². The first-order valence-corrected chi connectivity index (χ1v) is 17.4. The van der Waals surface area contributed by atoms with E-state index in [0.29, 0.717) is 36.8 Å². The molecule has 2 saturated carbocycles. The van der Waals surface area contributed by atoms with E-state index >= 15 is 0 Å². The van der Waals surface area contributed by atoms with E-state index in [1.165, 1.54) is 15.9 Å². The number of nitrogens with two attached hydrogens (primary N) is 1. The van der Waals surface area contributed by atoms with Crippen LogP contribution in [0.4, 0.5) is 9.18 Å². The van der Waals surface area contributed by atoms with Crippen LogP contribution in [0.1, 0.15) is 82.3 Å². The number of nitrogens with one attached hydrogen (secondary N) is 1. The van der Waals surface area contributed by atoms with Crippen molar-refractivity contribution in [2.75, 3.05) is 6.54 Å².